The molecule has 2 rings (SSSR count). The lowest BCUT2D eigenvalue weighted by molar-refractivity contribution is 0.161. The monoisotopic (exact) mass is 248 g/mol. The average Bonchev–Trinajstić information content (AvgIpc) is 2.38. The summed E-state index contributed by atoms with van der Waals surface area (Å²) in [5.74, 6) is 2.71. The van der Waals surface area contributed by atoms with Crippen LogP contribution in [-0.2, 0) is 6.54 Å². The first kappa shape index (κ1) is 13.3. The largest absolute Gasteiger partial charge is 0.373 e. The van der Waals surface area contributed by atoms with E-state index in [0.29, 0.717) is 0 Å². The molecule has 1 aliphatic rings. The molecule has 1 saturated heterocycles. The molecule has 100 valence electrons. The van der Waals surface area contributed by atoms with Crippen LogP contribution < -0.4 is 5.32 Å². The number of rotatable bonds is 4. The molecule has 18 heavy (non-hydrogen) atoms. The summed E-state index contributed by atoms with van der Waals surface area (Å²) in [6, 6.07) is 1.98. The van der Waals surface area contributed by atoms with Gasteiger partial charge in [-0.25, -0.2) is 9.97 Å². The molecule has 1 aromatic heterocycles. The second kappa shape index (κ2) is 6.14. The highest BCUT2D eigenvalue weighted by atomic mass is 15.2. The molecule has 1 aliphatic heterocycles. The Hall–Kier alpha value is -1.16. The van der Waals surface area contributed by atoms with Crippen LogP contribution in [-0.4, -0.2) is 35.0 Å². The van der Waals surface area contributed by atoms with E-state index in [1.54, 1.807) is 0 Å². The van der Waals surface area contributed by atoms with Gasteiger partial charge < -0.3 is 5.32 Å². The lowest BCUT2D eigenvalue weighted by atomic mass is 9.96. The fraction of sp³-hybridized carbons (Fsp3) is 0.714. The Balaban J connectivity index is 2.02. The molecule has 1 atom stereocenters. The Morgan fingerprint density at radius 3 is 3.00 bits per heavy atom. The van der Waals surface area contributed by atoms with Crippen LogP contribution in [0.25, 0.3) is 0 Å². The molecule has 1 fully saturated rings. The van der Waals surface area contributed by atoms with Crippen LogP contribution in [0.4, 0.5) is 5.82 Å². The SMILES string of the molecule is CCC1CCCN(Cc2nc(C)cc(NC)n2)C1. The van der Waals surface area contributed by atoms with Crippen molar-refractivity contribution in [3.05, 3.63) is 17.6 Å². The number of nitrogens with one attached hydrogen (secondary N) is 1. The van der Waals surface area contributed by atoms with Crippen molar-refractivity contribution in [1.29, 1.82) is 0 Å². The second-order valence-electron chi connectivity index (χ2n) is 5.21. The Morgan fingerprint density at radius 1 is 1.44 bits per heavy atom. The first-order valence-electron chi connectivity index (χ1n) is 6.96. The lowest BCUT2D eigenvalue weighted by Crippen LogP contribution is -2.35. The molecule has 2 heterocycles. The van der Waals surface area contributed by atoms with Gasteiger partial charge in [0.1, 0.15) is 11.6 Å². The molecule has 0 aliphatic carbocycles. The maximum Gasteiger partial charge on any atom is 0.144 e. The minimum absolute atomic E-state index is 0.854. The average molecular weight is 248 g/mol. The summed E-state index contributed by atoms with van der Waals surface area (Å²) in [6.45, 7) is 7.58. The van der Waals surface area contributed by atoms with Gasteiger partial charge in [0.15, 0.2) is 0 Å². The predicted octanol–water partition coefficient (Wildman–Crippen LogP) is 2.45. The summed E-state index contributed by atoms with van der Waals surface area (Å²) in [6.07, 6.45) is 3.97. The summed E-state index contributed by atoms with van der Waals surface area (Å²) in [4.78, 5) is 11.6. The van der Waals surface area contributed by atoms with Gasteiger partial charge in [0.2, 0.25) is 0 Å². The van der Waals surface area contributed by atoms with E-state index in [2.05, 4.69) is 27.1 Å². The van der Waals surface area contributed by atoms with Crippen LogP contribution in [0.3, 0.4) is 0 Å². The van der Waals surface area contributed by atoms with Crippen LogP contribution in [0.15, 0.2) is 6.07 Å². The van der Waals surface area contributed by atoms with E-state index in [-0.39, 0.29) is 0 Å². The quantitative estimate of drug-likeness (QED) is 0.888. The van der Waals surface area contributed by atoms with Crippen LogP contribution >= 0.6 is 0 Å². The third kappa shape index (κ3) is 3.42. The third-order valence-electron chi connectivity index (χ3n) is 3.70. The summed E-state index contributed by atoms with van der Waals surface area (Å²) in [5, 5.41) is 3.10. The van der Waals surface area contributed by atoms with E-state index in [4.69, 9.17) is 0 Å². The number of nitrogens with zero attached hydrogens (tertiary/aromatic N) is 3. The summed E-state index contributed by atoms with van der Waals surface area (Å²) in [7, 11) is 1.90. The first-order chi connectivity index (χ1) is 8.71. The van der Waals surface area contributed by atoms with Gasteiger partial charge in [-0.1, -0.05) is 13.3 Å². The van der Waals surface area contributed by atoms with Gasteiger partial charge in [-0.2, -0.15) is 0 Å². The third-order valence-corrected chi connectivity index (χ3v) is 3.70. The van der Waals surface area contributed by atoms with Crippen molar-refractivity contribution in [2.24, 2.45) is 5.92 Å². The van der Waals surface area contributed by atoms with Crippen LogP contribution in [0.5, 0.6) is 0 Å². The van der Waals surface area contributed by atoms with Crippen LogP contribution in [0.1, 0.15) is 37.7 Å². The maximum absolute atomic E-state index is 4.53. The molecule has 0 amide bonds. The van der Waals surface area contributed by atoms with Crippen LogP contribution in [0, 0.1) is 12.8 Å². The number of likely N-dealkylation sites (tertiary alicyclic amines) is 1. The summed E-state index contributed by atoms with van der Waals surface area (Å²) >= 11 is 0. The summed E-state index contributed by atoms with van der Waals surface area (Å²) in [5.41, 5.74) is 1.04. The number of hydrogen-bond donors (Lipinski definition) is 1. The van der Waals surface area contributed by atoms with Crippen molar-refractivity contribution in [2.75, 3.05) is 25.5 Å². The fourth-order valence-electron chi connectivity index (χ4n) is 2.66. The van der Waals surface area contributed by atoms with Gasteiger partial charge >= 0.3 is 0 Å². The second-order valence-corrected chi connectivity index (χ2v) is 5.21. The molecule has 1 aromatic rings. The van der Waals surface area contributed by atoms with Crippen LogP contribution in [0.2, 0.25) is 0 Å². The zero-order valence-corrected chi connectivity index (χ0v) is 11.7. The van der Waals surface area contributed by atoms with Gasteiger partial charge in [0.25, 0.3) is 0 Å². The number of aryl methyl sites for hydroxylation is 1. The molecule has 0 aromatic carbocycles. The fourth-order valence-corrected chi connectivity index (χ4v) is 2.66. The molecule has 1 N–H and O–H groups in total. The van der Waals surface area contributed by atoms with Crippen molar-refractivity contribution >= 4 is 5.82 Å². The number of hydrogen-bond acceptors (Lipinski definition) is 4. The van der Waals surface area contributed by atoms with E-state index in [1.165, 1.54) is 32.4 Å². The molecular weight excluding hydrogens is 224 g/mol. The summed E-state index contributed by atoms with van der Waals surface area (Å²) < 4.78 is 0. The highest BCUT2D eigenvalue weighted by molar-refractivity contribution is 5.34. The van der Waals surface area contributed by atoms with E-state index in [0.717, 1.165) is 29.8 Å². The number of aromatic nitrogens is 2. The zero-order chi connectivity index (χ0) is 13.0. The van der Waals surface area contributed by atoms with Crippen molar-refractivity contribution in [3.8, 4) is 0 Å². The predicted molar refractivity (Wildman–Crippen MR) is 74.6 cm³/mol. The molecule has 0 bridgehead atoms. The number of piperidine rings is 1. The molecule has 4 nitrogen and oxygen atoms in total. The van der Waals surface area contributed by atoms with Gasteiger partial charge in [-0.15, -0.1) is 0 Å². The van der Waals surface area contributed by atoms with Crippen molar-refractivity contribution in [3.63, 3.8) is 0 Å². The minimum atomic E-state index is 0.854. The van der Waals surface area contributed by atoms with E-state index >= 15 is 0 Å². The Morgan fingerprint density at radius 2 is 2.28 bits per heavy atom. The van der Waals surface area contributed by atoms with E-state index in [1.807, 2.05) is 20.0 Å². The lowest BCUT2D eigenvalue weighted by Gasteiger charge is -2.31. The van der Waals surface area contributed by atoms with Gasteiger partial charge in [-0.05, 0) is 32.2 Å². The molecular formula is C14H24N4. The van der Waals surface area contributed by atoms with Crippen molar-refractivity contribution < 1.29 is 0 Å². The normalized spacial score (nSPS) is 20.9. The van der Waals surface area contributed by atoms with E-state index in [9.17, 15) is 0 Å². The maximum atomic E-state index is 4.53. The standard InChI is InChI=1S/C14H24N4/c1-4-12-6-5-7-18(9-12)10-14-16-11(2)8-13(15-3)17-14/h8,12H,4-7,9-10H2,1-3H3,(H,15,16,17). The Labute approximate surface area is 110 Å². The van der Waals surface area contributed by atoms with Crippen molar-refractivity contribution in [2.45, 2.75) is 39.7 Å². The molecule has 0 saturated carbocycles. The molecule has 0 spiro atoms. The Kier molecular flexibility index (Phi) is 4.53. The molecule has 0 radical (unpaired) electrons. The van der Waals surface area contributed by atoms with Gasteiger partial charge in [-0.3, -0.25) is 4.90 Å². The Bertz CT molecular complexity index is 391. The van der Waals surface area contributed by atoms with Gasteiger partial charge in [0.05, 0.1) is 6.54 Å². The van der Waals surface area contributed by atoms with E-state index < -0.39 is 0 Å². The highest BCUT2D eigenvalue weighted by Gasteiger charge is 2.19. The first-order valence-corrected chi connectivity index (χ1v) is 6.96. The van der Waals surface area contributed by atoms with Gasteiger partial charge in [0, 0.05) is 25.4 Å². The highest BCUT2D eigenvalue weighted by Crippen LogP contribution is 2.20. The molecule has 4 heteroatoms. The molecule has 1 unspecified atom stereocenters. The zero-order valence-electron chi connectivity index (χ0n) is 11.7. The smallest absolute Gasteiger partial charge is 0.144 e. The topological polar surface area (TPSA) is 41.1 Å². The van der Waals surface area contributed by atoms with Crippen molar-refractivity contribution in [1.82, 2.24) is 14.9 Å². The minimum Gasteiger partial charge on any atom is -0.373 e. The number of anilines is 1.